The summed E-state index contributed by atoms with van der Waals surface area (Å²) in [4.78, 5) is 26.7. The Morgan fingerprint density at radius 1 is 1.19 bits per heavy atom. The summed E-state index contributed by atoms with van der Waals surface area (Å²) in [7, 11) is 0. The number of carbonyl (C=O) groups is 2. The highest BCUT2D eigenvalue weighted by Crippen LogP contribution is 2.25. The van der Waals surface area contributed by atoms with Crippen molar-refractivity contribution < 1.29 is 9.59 Å². The van der Waals surface area contributed by atoms with Gasteiger partial charge in [0.15, 0.2) is 0 Å². The average molecular weight is 288 g/mol. The second-order valence-corrected chi connectivity index (χ2v) is 6.28. The number of amides is 2. The van der Waals surface area contributed by atoms with Gasteiger partial charge in [0.25, 0.3) is 0 Å². The maximum Gasteiger partial charge on any atom is 0.246 e. The van der Waals surface area contributed by atoms with Gasteiger partial charge in [-0.3, -0.25) is 9.59 Å². The second kappa shape index (κ2) is 5.88. The SMILES string of the molecule is CCCC1NC(=O)C(C)(C)N(Cc2ccc(C)cc2)C1=O. The molecule has 1 aromatic rings. The Morgan fingerprint density at radius 3 is 2.38 bits per heavy atom. The summed E-state index contributed by atoms with van der Waals surface area (Å²) >= 11 is 0. The van der Waals surface area contributed by atoms with Crippen LogP contribution in [0.4, 0.5) is 0 Å². The lowest BCUT2D eigenvalue weighted by atomic mass is 9.93. The number of hydrogen-bond acceptors (Lipinski definition) is 2. The highest BCUT2D eigenvalue weighted by atomic mass is 16.2. The third-order valence-corrected chi connectivity index (χ3v) is 4.14. The Bertz CT molecular complexity index is 534. The molecule has 1 heterocycles. The van der Waals surface area contributed by atoms with Gasteiger partial charge in [0.2, 0.25) is 11.8 Å². The molecule has 2 amide bonds. The minimum Gasteiger partial charge on any atom is -0.342 e. The Kier molecular flexibility index (Phi) is 4.35. The van der Waals surface area contributed by atoms with Gasteiger partial charge < -0.3 is 10.2 Å². The van der Waals surface area contributed by atoms with Crippen LogP contribution >= 0.6 is 0 Å². The Labute approximate surface area is 126 Å². The van der Waals surface area contributed by atoms with Gasteiger partial charge in [-0.2, -0.15) is 0 Å². The summed E-state index contributed by atoms with van der Waals surface area (Å²) in [6, 6.07) is 7.70. The summed E-state index contributed by atoms with van der Waals surface area (Å²) in [5.74, 6) is -0.0605. The molecule has 0 aromatic heterocycles. The number of rotatable bonds is 4. The summed E-state index contributed by atoms with van der Waals surface area (Å²) in [6.45, 7) is 8.13. The van der Waals surface area contributed by atoms with Gasteiger partial charge in [0, 0.05) is 6.54 Å². The van der Waals surface area contributed by atoms with E-state index < -0.39 is 5.54 Å². The highest BCUT2D eigenvalue weighted by Gasteiger charge is 2.45. The normalized spacial score (nSPS) is 21.3. The summed E-state index contributed by atoms with van der Waals surface area (Å²) in [5.41, 5.74) is 1.42. The summed E-state index contributed by atoms with van der Waals surface area (Å²) < 4.78 is 0. The second-order valence-electron chi connectivity index (χ2n) is 6.28. The average Bonchev–Trinajstić information content (AvgIpc) is 2.43. The number of hydrogen-bond donors (Lipinski definition) is 1. The molecule has 1 unspecified atom stereocenters. The Balaban J connectivity index is 2.25. The van der Waals surface area contributed by atoms with Gasteiger partial charge in [-0.05, 0) is 32.8 Å². The molecule has 0 spiro atoms. The molecular formula is C17H24N2O2. The van der Waals surface area contributed by atoms with E-state index >= 15 is 0 Å². The van der Waals surface area contributed by atoms with Crippen LogP contribution in [0.5, 0.6) is 0 Å². The topological polar surface area (TPSA) is 49.4 Å². The number of carbonyl (C=O) groups excluding carboxylic acids is 2. The van der Waals surface area contributed by atoms with Crippen LogP contribution in [0.1, 0.15) is 44.7 Å². The number of nitrogens with one attached hydrogen (secondary N) is 1. The monoisotopic (exact) mass is 288 g/mol. The van der Waals surface area contributed by atoms with Crippen molar-refractivity contribution in [3.63, 3.8) is 0 Å². The van der Waals surface area contributed by atoms with Crippen LogP contribution in [0, 0.1) is 6.92 Å². The molecule has 0 saturated carbocycles. The molecule has 1 fully saturated rings. The highest BCUT2D eigenvalue weighted by molar-refractivity contribution is 5.99. The molecule has 4 heteroatoms. The zero-order valence-corrected chi connectivity index (χ0v) is 13.3. The molecule has 114 valence electrons. The van der Waals surface area contributed by atoms with E-state index in [9.17, 15) is 9.59 Å². The summed E-state index contributed by atoms with van der Waals surface area (Å²) in [6.07, 6.45) is 1.56. The van der Waals surface area contributed by atoms with Crippen LogP contribution in [0.3, 0.4) is 0 Å². The van der Waals surface area contributed by atoms with Crippen molar-refractivity contribution in [2.75, 3.05) is 0 Å². The molecule has 2 rings (SSSR count). The zero-order valence-electron chi connectivity index (χ0n) is 13.3. The van der Waals surface area contributed by atoms with E-state index in [2.05, 4.69) is 5.32 Å². The van der Waals surface area contributed by atoms with Crippen LogP contribution in [0.2, 0.25) is 0 Å². The molecule has 1 aliphatic rings. The molecule has 1 N–H and O–H groups in total. The molecular weight excluding hydrogens is 264 g/mol. The van der Waals surface area contributed by atoms with E-state index in [0.29, 0.717) is 13.0 Å². The fourth-order valence-corrected chi connectivity index (χ4v) is 2.62. The van der Waals surface area contributed by atoms with Gasteiger partial charge in [-0.25, -0.2) is 0 Å². The third-order valence-electron chi connectivity index (χ3n) is 4.14. The molecule has 1 saturated heterocycles. The Hall–Kier alpha value is -1.84. The lowest BCUT2D eigenvalue weighted by molar-refractivity contribution is -0.156. The maximum atomic E-state index is 12.7. The molecule has 21 heavy (non-hydrogen) atoms. The lowest BCUT2D eigenvalue weighted by Crippen LogP contribution is -2.67. The zero-order chi connectivity index (χ0) is 15.6. The molecule has 0 bridgehead atoms. The molecule has 4 nitrogen and oxygen atoms in total. The number of aryl methyl sites for hydroxylation is 1. The first-order valence-corrected chi connectivity index (χ1v) is 7.54. The maximum absolute atomic E-state index is 12.7. The Morgan fingerprint density at radius 2 is 1.81 bits per heavy atom. The van der Waals surface area contributed by atoms with E-state index in [1.807, 2.05) is 38.1 Å². The van der Waals surface area contributed by atoms with E-state index in [0.717, 1.165) is 12.0 Å². The van der Waals surface area contributed by atoms with Gasteiger partial charge in [0.1, 0.15) is 11.6 Å². The van der Waals surface area contributed by atoms with Crippen LogP contribution in [0.15, 0.2) is 24.3 Å². The number of piperazine rings is 1. The van der Waals surface area contributed by atoms with Gasteiger partial charge >= 0.3 is 0 Å². The van der Waals surface area contributed by atoms with E-state index in [1.54, 1.807) is 18.7 Å². The standard InChI is InChI=1S/C17H24N2O2/c1-5-6-14-15(20)19(17(3,4)16(21)18-14)11-13-9-7-12(2)8-10-13/h7-10,14H,5-6,11H2,1-4H3,(H,18,21). The summed E-state index contributed by atoms with van der Waals surface area (Å²) in [5, 5.41) is 2.85. The van der Waals surface area contributed by atoms with Crippen molar-refractivity contribution in [3.8, 4) is 0 Å². The first-order chi connectivity index (χ1) is 9.86. The minimum atomic E-state index is -0.813. The number of benzene rings is 1. The van der Waals surface area contributed by atoms with E-state index in [1.165, 1.54) is 5.56 Å². The molecule has 1 aliphatic heterocycles. The molecule has 1 aromatic carbocycles. The largest absolute Gasteiger partial charge is 0.342 e. The van der Waals surface area contributed by atoms with Crippen LogP contribution in [-0.4, -0.2) is 28.3 Å². The first-order valence-electron chi connectivity index (χ1n) is 7.54. The van der Waals surface area contributed by atoms with E-state index in [4.69, 9.17) is 0 Å². The lowest BCUT2D eigenvalue weighted by Gasteiger charge is -2.44. The van der Waals surface area contributed by atoms with Crippen molar-refractivity contribution in [3.05, 3.63) is 35.4 Å². The van der Waals surface area contributed by atoms with Crippen molar-refractivity contribution >= 4 is 11.8 Å². The fraction of sp³-hybridized carbons (Fsp3) is 0.529. The van der Waals surface area contributed by atoms with Gasteiger partial charge in [0.05, 0.1) is 0 Å². The van der Waals surface area contributed by atoms with Crippen LogP contribution in [0.25, 0.3) is 0 Å². The van der Waals surface area contributed by atoms with Crippen molar-refractivity contribution in [1.29, 1.82) is 0 Å². The van der Waals surface area contributed by atoms with Gasteiger partial charge in [-0.1, -0.05) is 43.2 Å². The van der Waals surface area contributed by atoms with Crippen molar-refractivity contribution in [2.45, 2.75) is 58.7 Å². The third kappa shape index (κ3) is 3.09. The first kappa shape index (κ1) is 15.5. The molecule has 1 atom stereocenters. The molecule has 0 radical (unpaired) electrons. The molecule has 0 aliphatic carbocycles. The number of nitrogens with zero attached hydrogens (tertiary/aromatic N) is 1. The quantitative estimate of drug-likeness (QED) is 0.925. The van der Waals surface area contributed by atoms with E-state index in [-0.39, 0.29) is 17.9 Å². The fourth-order valence-electron chi connectivity index (χ4n) is 2.62. The smallest absolute Gasteiger partial charge is 0.246 e. The van der Waals surface area contributed by atoms with Gasteiger partial charge in [-0.15, -0.1) is 0 Å². The van der Waals surface area contributed by atoms with Crippen LogP contribution < -0.4 is 5.32 Å². The van der Waals surface area contributed by atoms with Crippen LogP contribution in [-0.2, 0) is 16.1 Å². The van der Waals surface area contributed by atoms with Crippen molar-refractivity contribution in [2.24, 2.45) is 0 Å². The minimum absolute atomic E-state index is 0.0158. The predicted octanol–water partition coefficient (Wildman–Crippen LogP) is 2.40. The predicted molar refractivity (Wildman–Crippen MR) is 82.6 cm³/mol. The van der Waals surface area contributed by atoms with Crippen molar-refractivity contribution in [1.82, 2.24) is 10.2 Å².